The smallest absolute Gasteiger partial charge is 0.139 e. The fraction of sp³-hybridized carbons (Fsp3) is 0. The molecule has 76 valence electrons. The van der Waals surface area contributed by atoms with Crippen LogP contribution in [0.5, 0.6) is 0 Å². The minimum atomic E-state index is 0.393. The minimum absolute atomic E-state index is 0.393. The number of hydrogen-bond donors (Lipinski definition) is 1. The largest absolute Gasteiger partial charge is 0.330 e. The summed E-state index contributed by atoms with van der Waals surface area (Å²) in [5, 5.41) is 17.5. The molecule has 2 rings (SSSR count). The third-order valence-electron chi connectivity index (χ3n) is 2.05. The molecule has 0 aliphatic rings. The highest BCUT2D eigenvalue weighted by Crippen LogP contribution is 2.26. The molecule has 0 spiro atoms. The van der Waals surface area contributed by atoms with Gasteiger partial charge in [0.25, 0.3) is 0 Å². The van der Waals surface area contributed by atoms with Gasteiger partial charge in [-0.3, -0.25) is 0 Å². The van der Waals surface area contributed by atoms with Gasteiger partial charge in [0, 0.05) is 10.0 Å². The van der Waals surface area contributed by atoms with Gasteiger partial charge >= 0.3 is 0 Å². The Labute approximate surface area is 100 Å². The Hall–Kier alpha value is -2.11. The maximum Gasteiger partial charge on any atom is 0.139 e. The van der Waals surface area contributed by atoms with E-state index in [0.29, 0.717) is 17.1 Å². The van der Waals surface area contributed by atoms with Crippen LogP contribution in [0.3, 0.4) is 0 Å². The highest BCUT2D eigenvalue weighted by atomic mass is 79.9. The Bertz CT molecular complexity index is 616. The van der Waals surface area contributed by atoms with Crippen molar-refractivity contribution in [2.24, 2.45) is 0 Å². The molecule has 0 aliphatic heterocycles. The van der Waals surface area contributed by atoms with Crippen LogP contribution in [-0.2, 0) is 0 Å². The van der Waals surface area contributed by atoms with Crippen LogP contribution in [0.25, 0.3) is 11.4 Å². The molecule has 1 aromatic heterocycles. The lowest BCUT2D eigenvalue weighted by atomic mass is 10.1. The van der Waals surface area contributed by atoms with E-state index in [4.69, 9.17) is 10.5 Å². The van der Waals surface area contributed by atoms with Gasteiger partial charge in [-0.2, -0.15) is 10.5 Å². The number of benzene rings is 1. The van der Waals surface area contributed by atoms with E-state index in [1.165, 1.54) is 6.20 Å². The predicted octanol–water partition coefficient (Wildman–Crippen LogP) is 2.58. The Morgan fingerprint density at radius 1 is 1.25 bits per heavy atom. The van der Waals surface area contributed by atoms with Crippen LogP contribution >= 0.6 is 15.9 Å². The van der Waals surface area contributed by atoms with Crippen molar-refractivity contribution in [3.63, 3.8) is 0 Å². The number of nitrogens with one attached hydrogen (secondary N) is 1. The first-order chi connectivity index (χ1) is 7.74. The van der Waals surface area contributed by atoms with Gasteiger partial charge in [-0.15, -0.1) is 0 Å². The second-order valence-corrected chi connectivity index (χ2v) is 3.92. The van der Waals surface area contributed by atoms with Crippen LogP contribution in [-0.4, -0.2) is 9.97 Å². The van der Waals surface area contributed by atoms with Gasteiger partial charge in [-0.1, -0.05) is 15.9 Å². The number of H-pyrrole nitrogens is 1. The second kappa shape index (κ2) is 4.18. The molecule has 1 heterocycles. The summed E-state index contributed by atoms with van der Waals surface area (Å²) in [6.45, 7) is 0. The van der Waals surface area contributed by atoms with Crippen molar-refractivity contribution in [2.45, 2.75) is 0 Å². The van der Waals surface area contributed by atoms with E-state index >= 15 is 0 Å². The predicted molar refractivity (Wildman–Crippen MR) is 61.2 cm³/mol. The molecule has 0 unspecified atom stereocenters. The highest BCUT2D eigenvalue weighted by Gasteiger charge is 2.08. The van der Waals surface area contributed by atoms with Crippen LogP contribution in [0.1, 0.15) is 11.3 Å². The number of aromatic nitrogens is 2. The Balaban J connectivity index is 2.56. The fourth-order valence-corrected chi connectivity index (χ4v) is 1.73. The summed E-state index contributed by atoms with van der Waals surface area (Å²) in [6.07, 6.45) is 1.46. The molecular weight excluding hydrogens is 268 g/mol. The zero-order valence-electron chi connectivity index (χ0n) is 8.03. The summed E-state index contributed by atoms with van der Waals surface area (Å²) in [5.41, 5.74) is 1.71. The van der Waals surface area contributed by atoms with Crippen LogP contribution < -0.4 is 0 Å². The molecule has 0 aliphatic carbocycles. The molecule has 1 aromatic carbocycles. The van der Waals surface area contributed by atoms with Crippen molar-refractivity contribution in [1.82, 2.24) is 9.97 Å². The summed E-state index contributed by atoms with van der Waals surface area (Å²) in [6, 6.07) is 9.23. The van der Waals surface area contributed by atoms with Crippen molar-refractivity contribution < 1.29 is 0 Å². The number of imidazole rings is 1. The van der Waals surface area contributed by atoms with Crippen LogP contribution in [0, 0.1) is 22.7 Å². The SMILES string of the molecule is N#Cc1ccc(Br)c(-c2ncc(C#N)[nH]2)c1. The lowest BCUT2D eigenvalue weighted by Crippen LogP contribution is -1.85. The first-order valence-electron chi connectivity index (χ1n) is 4.39. The average molecular weight is 273 g/mol. The molecule has 4 nitrogen and oxygen atoms in total. The van der Waals surface area contributed by atoms with E-state index in [9.17, 15) is 0 Å². The van der Waals surface area contributed by atoms with E-state index in [2.05, 4.69) is 32.0 Å². The van der Waals surface area contributed by atoms with Gasteiger partial charge in [0.1, 0.15) is 17.6 Å². The molecule has 2 aromatic rings. The quantitative estimate of drug-likeness (QED) is 0.867. The van der Waals surface area contributed by atoms with Gasteiger partial charge in [-0.25, -0.2) is 4.98 Å². The monoisotopic (exact) mass is 272 g/mol. The zero-order chi connectivity index (χ0) is 11.5. The number of nitrogens with zero attached hydrogens (tertiary/aromatic N) is 3. The lowest BCUT2D eigenvalue weighted by molar-refractivity contribution is 1.28. The van der Waals surface area contributed by atoms with Gasteiger partial charge in [0.2, 0.25) is 0 Å². The summed E-state index contributed by atoms with van der Waals surface area (Å²) in [5.74, 6) is 0.570. The molecule has 0 saturated heterocycles. The molecule has 16 heavy (non-hydrogen) atoms. The third kappa shape index (κ3) is 1.81. The van der Waals surface area contributed by atoms with Crippen molar-refractivity contribution in [3.8, 4) is 23.5 Å². The summed E-state index contributed by atoms with van der Waals surface area (Å²) >= 11 is 3.38. The standard InChI is InChI=1S/C11H5BrN4/c12-10-2-1-7(4-13)3-9(10)11-15-6-8(5-14)16-11/h1-3,6H,(H,15,16). The molecule has 0 amide bonds. The van der Waals surface area contributed by atoms with Crippen molar-refractivity contribution >= 4 is 15.9 Å². The van der Waals surface area contributed by atoms with Gasteiger partial charge in [-0.05, 0) is 18.2 Å². The molecular formula is C11H5BrN4. The maximum atomic E-state index is 8.80. The Kier molecular flexibility index (Phi) is 2.72. The number of hydrogen-bond acceptors (Lipinski definition) is 3. The number of halogens is 1. The van der Waals surface area contributed by atoms with Gasteiger partial charge < -0.3 is 4.98 Å². The van der Waals surface area contributed by atoms with Crippen molar-refractivity contribution in [3.05, 3.63) is 40.1 Å². The summed E-state index contributed by atoms with van der Waals surface area (Å²) < 4.78 is 0.824. The van der Waals surface area contributed by atoms with Gasteiger partial charge in [0.15, 0.2) is 0 Å². The molecule has 1 N–H and O–H groups in total. The molecule has 0 bridgehead atoms. The van der Waals surface area contributed by atoms with E-state index in [0.717, 1.165) is 10.0 Å². The topological polar surface area (TPSA) is 76.3 Å². The molecule has 0 atom stereocenters. The third-order valence-corrected chi connectivity index (χ3v) is 2.74. The zero-order valence-corrected chi connectivity index (χ0v) is 9.62. The van der Waals surface area contributed by atoms with E-state index < -0.39 is 0 Å². The molecule has 0 saturated carbocycles. The Morgan fingerprint density at radius 2 is 2.06 bits per heavy atom. The summed E-state index contributed by atoms with van der Waals surface area (Å²) in [4.78, 5) is 6.94. The van der Waals surface area contributed by atoms with Gasteiger partial charge in [0.05, 0.1) is 17.8 Å². The molecule has 5 heteroatoms. The van der Waals surface area contributed by atoms with Crippen LogP contribution in [0.15, 0.2) is 28.9 Å². The summed E-state index contributed by atoms with van der Waals surface area (Å²) in [7, 11) is 0. The Morgan fingerprint density at radius 3 is 2.69 bits per heavy atom. The molecule has 0 fully saturated rings. The van der Waals surface area contributed by atoms with Crippen LogP contribution in [0.2, 0.25) is 0 Å². The molecule has 0 radical (unpaired) electrons. The normalized spacial score (nSPS) is 9.44. The van der Waals surface area contributed by atoms with Crippen LogP contribution in [0.4, 0.5) is 0 Å². The maximum absolute atomic E-state index is 8.80. The first kappa shape index (κ1) is 10.4. The second-order valence-electron chi connectivity index (χ2n) is 3.06. The van der Waals surface area contributed by atoms with E-state index in [1.807, 2.05) is 6.07 Å². The van der Waals surface area contributed by atoms with Crippen molar-refractivity contribution in [2.75, 3.05) is 0 Å². The lowest BCUT2D eigenvalue weighted by Gasteiger charge is -2.00. The first-order valence-corrected chi connectivity index (χ1v) is 5.19. The van der Waals surface area contributed by atoms with E-state index in [-0.39, 0.29) is 0 Å². The van der Waals surface area contributed by atoms with Crippen molar-refractivity contribution in [1.29, 1.82) is 10.5 Å². The minimum Gasteiger partial charge on any atom is -0.330 e. The average Bonchev–Trinajstić information content (AvgIpc) is 2.78. The van der Waals surface area contributed by atoms with E-state index in [1.54, 1.807) is 18.2 Å². The number of nitriles is 2. The number of rotatable bonds is 1. The highest BCUT2D eigenvalue weighted by molar-refractivity contribution is 9.10. The fourth-order valence-electron chi connectivity index (χ4n) is 1.29. The number of aromatic amines is 1.